The number of carbonyl (C=O) groups is 1. The molecule has 0 rings (SSSR count). The summed E-state index contributed by atoms with van der Waals surface area (Å²) >= 11 is 0. The van der Waals surface area contributed by atoms with E-state index in [1.54, 1.807) is 0 Å². The predicted octanol–water partition coefficient (Wildman–Crippen LogP) is 7.98. The van der Waals surface area contributed by atoms with E-state index in [0.717, 1.165) is 38.5 Å². The second-order valence-corrected chi connectivity index (χ2v) is 11.4. The van der Waals surface area contributed by atoms with Crippen LogP contribution in [0.5, 0.6) is 0 Å². The van der Waals surface area contributed by atoms with Gasteiger partial charge in [0, 0.05) is 6.42 Å². The monoisotopic (exact) mass is 527 g/mol. The molecule has 1 amide bonds. The molecule has 0 aromatic carbocycles. The van der Waals surface area contributed by atoms with E-state index < -0.39 is 18.2 Å². The Balaban J connectivity index is 3.72. The molecule has 0 aromatic rings. The number of nitrogens with one attached hydrogen (secondary N) is 1. The third-order valence-corrected chi connectivity index (χ3v) is 7.71. The molecule has 37 heavy (non-hydrogen) atoms. The molecule has 0 aromatic heterocycles. The molecule has 0 saturated carbocycles. The van der Waals surface area contributed by atoms with Crippen molar-refractivity contribution in [2.45, 2.75) is 193 Å². The Morgan fingerprint density at radius 3 is 1.30 bits per heavy atom. The van der Waals surface area contributed by atoms with Gasteiger partial charge in [-0.05, 0) is 12.8 Å². The Labute approximate surface area is 230 Å². The number of carbonyl (C=O) groups excluding carboxylic acids is 1. The summed E-state index contributed by atoms with van der Waals surface area (Å²) < 4.78 is 0. The van der Waals surface area contributed by atoms with Crippen molar-refractivity contribution in [3.8, 4) is 0 Å². The number of hydrogen-bond donors (Lipinski definition) is 4. The van der Waals surface area contributed by atoms with E-state index in [2.05, 4.69) is 19.2 Å². The van der Waals surface area contributed by atoms with Crippen molar-refractivity contribution in [2.75, 3.05) is 6.61 Å². The lowest BCUT2D eigenvalue weighted by atomic mass is 9.99. The van der Waals surface area contributed by atoms with Gasteiger partial charge in [0.25, 0.3) is 0 Å². The van der Waals surface area contributed by atoms with Crippen molar-refractivity contribution in [2.24, 2.45) is 0 Å². The molecule has 222 valence electrons. The van der Waals surface area contributed by atoms with Gasteiger partial charge in [-0.2, -0.15) is 0 Å². The zero-order chi connectivity index (χ0) is 27.4. The molecule has 0 saturated heterocycles. The molecule has 0 radical (unpaired) electrons. The number of aliphatic hydroxyl groups excluding tert-OH is 3. The van der Waals surface area contributed by atoms with E-state index in [-0.39, 0.29) is 12.5 Å². The van der Waals surface area contributed by atoms with Crippen LogP contribution in [0, 0.1) is 0 Å². The van der Waals surface area contributed by atoms with Crippen LogP contribution in [0.1, 0.15) is 174 Å². The second-order valence-electron chi connectivity index (χ2n) is 11.4. The average Bonchev–Trinajstić information content (AvgIpc) is 2.90. The summed E-state index contributed by atoms with van der Waals surface area (Å²) in [5, 5.41) is 33.2. The molecule has 0 fully saturated rings. The van der Waals surface area contributed by atoms with E-state index in [9.17, 15) is 20.1 Å². The first-order valence-electron chi connectivity index (χ1n) is 16.3. The lowest BCUT2D eigenvalue weighted by Crippen LogP contribution is -2.50. The zero-order valence-corrected chi connectivity index (χ0v) is 24.9. The Bertz CT molecular complexity index is 474. The summed E-state index contributed by atoms with van der Waals surface area (Å²) in [6.07, 6.45) is 27.5. The fourth-order valence-corrected chi connectivity index (χ4v) is 5.10. The van der Waals surface area contributed by atoms with Gasteiger partial charge in [-0.25, -0.2) is 0 Å². The van der Waals surface area contributed by atoms with Crippen LogP contribution in [0.4, 0.5) is 0 Å². The first kappa shape index (κ1) is 36.4. The molecule has 0 aliphatic rings. The number of rotatable bonds is 29. The minimum atomic E-state index is -1.13. The van der Waals surface area contributed by atoms with Gasteiger partial charge < -0.3 is 20.6 Å². The van der Waals surface area contributed by atoms with Crippen LogP contribution in [0.2, 0.25) is 0 Å². The standard InChI is InChI=1S/C32H65NO4/c1-3-5-7-9-11-13-15-17-18-20-22-24-26-30(35)32(37)29(28-34)33-31(36)27-25-23-21-19-16-14-12-10-8-6-4-2/h29-30,32,34-35,37H,3-28H2,1-2H3,(H,33,36)/t29-,30?,32+/m1/s1. The molecule has 1 unspecified atom stereocenters. The van der Waals surface area contributed by atoms with Crippen LogP contribution in [0.3, 0.4) is 0 Å². The van der Waals surface area contributed by atoms with Crippen LogP contribution in [0.25, 0.3) is 0 Å². The highest BCUT2D eigenvalue weighted by Gasteiger charge is 2.26. The van der Waals surface area contributed by atoms with Gasteiger partial charge in [0.15, 0.2) is 0 Å². The highest BCUT2D eigenvalue weighted by Crippen LogP contribution is 2.15. The number of unbranched alkanes of at least 4 members (excludes halogenated alkanes) is 21. The topological polar surface area (TPSA) is 89.8 Å². The van der Waals surface area contributed by atoms with Gasteiger partial charge in [0.1, 0.15) is 6.10 Å². The smallest absolute Gasteiger partial charge is 0.220 e. The van der Waals surface area contributed by atoms with Gasteiger partial charge in [-0.15, -0.1) is 0 Å². The predicted molar refractivity (Wildman–Crippen MR) is 158 cm³/mol. The molecule has 5 nitrogen and oxygen atoms in total. The molecule has 3 atom stereocenters. The Hall–Kier alpha value is -0.650. The Kier molecular flexibility index (Phi) is 27.9. The van der Waals surface area contributed by atoms with Crippen LogP contribution in [-0.4, -0.2) is 46.1 Å². The van der Waals surface area contributed by atoms with E-state index in [0.29, 0.717) is 12.8 Å². The minimum Gasteiger partial charge on any atom is -0.394 e. The molecule has 0 aliphatic carbocycles. The quantitative estimate of drug-likeness (QED) is 0.0742. The highest BCUT2D eigenvalue weighted by molar-refractivity contribution is 5.76. The third kappa shape index (κ3) is 24.1. The molecule has 5 heteroatoms. The van der Waals surface area contributed by atoms with Crippen molar-refractivity contribution >= 4 is 5.91 Å². The first-order chi connectivity index (χ1) is 18.1. The number of amides is 1. The highest BCUT2D eigenvalue weighted by atomic mass is 16.3. The largest absolute Gasteiger partial charge is 0.394 e. The normalized spacial score (nSPS) is 14.0. The van der Waals surface area contributed by atoms with E-state index >= 15 is 0 Å². The van der Waals surface area contributed by atoms with Crippen molar-refractivity contribution in [1.82, 2.24) is 5.32 Å². The van der Waals surface area contributed by atoms with E-state index in [4.69, 9.17) is 0 Å². The molecule has 0 aliphatic heterocycles. The van der Waals surface area contributed by atoms with Crippen LogP contribution < -0.4 is 5.32 Å². The maximum Gasteiger partial charge on any atom is 0.220 e. The Morgan fingerprint density at radius 2 is 0.919 bits per heavy atom. The fraction of sp³-hybridized carbons (Fsp3) is 0.969. The van der Waals surface area contributed by atoms with Crippen molar-refractivity contribution < 1.29 is 20.1 Å². The average molecular weight is 528 g/mol. The van der Waals surface area contributed by atoms with Crippen molar-refractivity contribution in [3.05, 3.63) is 0 Å². The summed E-state index contributed by atoms with van der Waals surface area (Å²) in [6.45, 7) is 4.14. The SMILES string of the molecule is CCCCCCCCCCCCCCC(O)[C@@H](O)[C@@H](CO)NC(=O)CCCCCCCCCCCCC. The van der Waals surface area contributed by atoms with Crippen LogP contribution >= 0.6 is 0 Å². The van der Waals surface area contributed by atoms with Crippen molar-refractivity contribution in [3.63, 3.8) is 0 Å². The second kappa shape index (κ2) is 28.4. The fourth-order valence-electron chi connectivity index (χ4n) is 5.10. The maximum atomic E-state index is 12.3. The lowest BCUT2D eigenvalue weighted by Gasteiger charge is -2.26. The summed E-state index contributed by atoms with van der Waals surface area (Å²) in [7, 11) is 0. The summed E-state index contributed by atoms with van der Waals surface area (Å²) in [5.41, 5.74) is 0. The van der Waals surface area contributed by atoms with Crippen LogP contribution in [0.15, 0.2) is 0 Å². The minimum absolute atomic E-state index is 0.147. The van der Waals surface area contributed by atoms with Crippen LogP contribution in [-0.2, 0) is 4.79 Å². The number of hydrogen-bond acceptors (Lipinski definition) is 4. The molecule has 4 N–H and O–H groups in total. The lowest BCUT2D eigenvalue weighted by molar-refractivity contribution is -0.124. The van der Waals surface area contributed by atoms with Crippen molar-refractivity contribution in [1.29, 1.82) is 0 Å². The Morgan fingerprint density at radius 1 is 0.568 bits per heavy atom. The molecule has 0 spiro atoms. The van der Waals surface area contributed by atoms with Gasteiger partial charge in [-0.1, -0.05) is 155 Å². The van der Waals surface area contributed by atoms with Gasteiger partial charge in [0.2, 0.25) is 5.91 Å². The molecule has 0 bridgehead atoms. The first-order valence-corrected chi connectivity index (χ1v) is 16.3. The number of aliphatic hydroxyl groups is 3. The summed E-state index contributed by atoms with van der Waals surface area (Å²) in [6, 6.07) is -0.799. The van der Waals surface area contributed by atoms with Gasteiger partial charge in [0.05, 0.1) is 18.8 Å². The zero-order valence-electron chi connectivity index (χ0n) is 24.9. The molecular formula is C32H65NO4. The third-order valence-electron chi connectivity index (χ3n) is 7.71. The molecular weight excluding hydrogens is 462 g/mol. The molecule has 0 heterocycles. The van der Waals surface area contributed by atoms with E-state index in [1.807, 2.05) is 0 Å². The summed E-state index contributed by atoms with van der Waals surface area (Å²) in [5.74, 6) is -0.147. The van der Waals surface area contributed by atoms with E-state index in [1.165, 1.54) is 109 Å². The summed E-state index contributed by atoms with van der Waals surface area (Å²) in [4.78, 5) is 12.3. The van der Waals surface area contributed by atoms with Gasteiger partial charge >= 0.3 is 0 Å². The van der Waals surface area contributed by atoms with Gasteiger partial charge in [-0.3, -0.25) is 4.79 Å². The maximum absolute atomic E-state index is 12.3.